The molecule has 0 amide bonds. The maximum Gasteiger partial charge on any atom is 0.101 e. The van der Waals surface area contributed by atoms with Crippen LogP contribution in [-0.4, -0.2) is 18.1 Å². The molecule has 1 aromatic heterocycles. The lowest BCUT2D eigenvalue weighted by Gasteiger charge is -2.38. The van der Waals surface area contributed by atoms with Gasteiger partial charge in [-0.05, 0) is 60.9 Å². The number of aryl methyl sites for hydroxylation is 1. The lowest BCUT2D eigenvalue weighted by molar-refractivity contribution is 0.321. The van der Waals surface area contributed by atoms with Crippen LogP contribution < -0.4 is 4.90 Å². The Morgan fingerprint density at radius 1 is 1.07 bits per heavy atom. The van der Waals surface area contributed by atoms with Crippen LogP contribution in [0, 0.1) is 23.2 Å². The van der Waals surface area contributed by atoms with E-state index >= 15 is 0 Å². The van der Waals surface area contributed by atoms with E-state index in [1.165, 1.54) is 24.1 Å². The molecule has 4 rings (SSSR count). The molecule has 1 saturated heterocycles. The molecule has 0 bridgehead atoms. The molecule has 0 N–H and O–H groups in total. The Bertz CT molecular complexity index is 958. The first kappa shape index (κ1) is 17.5. The number of nitrogens with zero attached hydrogens (tertiary/aromatic N) is 3. The number of fused-ring (bicyclic) bond motifs is 1. The van der Waals surface area contributed by atoms with Crippen LogP contribution in [0.1, 0.15) is 30.9 Å². The molecule has 2 aromatic carbocycles. The Morgan fingerprint density at radius 2 is 1.93 bits per heavy atom. The van der Waals surface area contributed by atoms with Crippen LogP contribution in [0.5, 0.6) is 0 Å². The summed E-state index contributed by atoms with van der Waals surface area (Å²) in [5.74, 6) is 1.36. The maximum atomic E-state index is 9.40. The second-order valence-electron chi connectivity index (χ2n) is 7.78. The number of aromatic nitrogens is 1. The minimum absolute atomic E-state index is 0.653. The molecule has 0 spiro atoms. The standard InChI is InChI=1S/C24H25N3/c1-18-14-20(10-9-19-6-3-2-4-7-19)17-27(16-18)23-12-11-21(15-25)24-22(23)8-5-13-26-24/h2-8,11-13,18,20H,9-10,14,16-17H2,1H3/t18-,20+/m0/s1. The lowest BCUT2D eigenvalue weighted by Crippen LogP contribution is -2.40. The van der Waals surface area contributed by atoms with Gasteiger partial charge in [0.1, 0.15) is 6.07 Å². The molecule has 1 aliphatic rings. The van der Waals surface area contributed by atoms with Crippen molar-refractivity contribution in [2.45, 2.75) is 26.2 Å². The Labute approximate surface area is 161 Å². The van der Waals surface area contributed by atoms with Crippen LogP contribution in [0.2, 0.25) is 0 Å². The molecule has 0 saturated carbocycles. The summed E-state index contributed by atoms with van der Waals surface area (Å²) in [5.41, 5.74) is 4.11. The molecular weight excluding hydrogens is 330 g/mol. The highest BCUT2D eigenvalue weighted by molar-refractivity contribution is 5.95. The molecule has 3 heteroatoms. The molecule has 2 heterocycles. The van der Waals surface area contributed by atoms with Crippen LogP contribution in [-0.2, 0) is 6.42 Å². The van der Waals surface area contributed by atoms with Gasteiger partial charge in [-0.3, -0.25) is 4.98 Å². The van der Waals surface area contributed by atoms with Crippen LogP contribution in [0.3, 0.4) is 0 Å². The number of hydrogen-bond donors (Lipinski definition) is 0. The first-order valence-corrected chi connectivity index (χ1v) is 9.81. The topological polar surface area (TPSA) is 39.9 Å². The van der Waals surface area contributed by atoms with Gasteiger partial charge in [-0.2, -0.15) is 5.26 Å². The fourth-order valence-corrected chi connectivity index (χ4v) is 4.43. The van der Waals surface area contributed by atoms with Gasteiger partial charge in [0.25, 0.3) is 0 Å². The highest BCUT2D eigenvalue weighted by Gasteiger charge is 2.26. The molecule has 27 heavy (non-hydrogen) atoms. The van der Waals surface area contributed by atoms with Gasteiger partial charge < -0.3 is 4.90 Å². The highest BCUT2D eigenvalue weighted by Crippen LogP contribution is 2.34. The molecule has 3 nitrogen and oxygen atoms in total. The van der Waals surface area contributed by atoms with Crippen molar-refractivity contribution in [2.24, 2.45) is 11.8 Å². The second-order valence-corrected chi connectivity index (χ2v) is 7.78. The number of hydrogen-bond acceptors (Lipinski definition) is 3. The van der Waals surface area contributed by atoms with Crippen molar-refractivity contribution in [1.29, 1.82) is 5.26 Å². The largest absolute Gasteiger partial charge is 0.370 e. The number of benzene rings is 2. The number of pyridine rings is 1. The van der Waals surface area contributed by atoms with Gasteiger partial charge in [0.15, 0.2) is 0 Å². The zero-order chi connectivity index (χ0) is 18.6. The Morgan fingerprint density at radius 3 is 2.74 bits per heavy atom. The predicted octanol–water partition coefficient (Wildman–Crippen LogP) is 5.20. The van der Waals surface area contributed by atoms with E-state index in [1.807, 2.05) is 12.1 Å². The minimum atomic E-state index is 0.653. The summed E-state index contributed by atoms with van der Waals surface area (Å²) in [4.78, 5) is 6.98. The quantitative estimate of drug-likeness (QED) is 0.645. The Hall–Kier alpha value is -2.86. The van der Waals surface area contributed by atoms with Gasteiger partial charge >= 0.3 is 0 Å². The number of nitriles is 1. The Kier molecular flexibility index (Phi) is 5.07. The summed E-state index contributed by atoms with van der Waals surface area (Å²) in [5, 5.41) is 10.5. The average Bonchev–Trinajstić information content (AvgIpc) is 2.72. The van der Waals surface area contributed by atoms with E-state index in [0.717, 1.165) is 30.4 Å². The SMILES string of the molecule is C[C@H]1C[C@@H](CCc2ccccc2)CN(c2ccc(C#N)c3ncccc23)C1. The minimum Gasteiger partial charge on any atom is -0.370 e. The zero-order valence-electron chi connectivity index (χ0n) is 15.8. The normalized spacial score (nSPS) is 19.8. The van der Waals surface area contributed by atoms with Crippen LogP contribution in [0.15, 0.2) is 60.8 Å². The van der Waals surface area contributed by atoms with E-state index < -0.39 is 0 Å². The summed E-state index contributed by atoms with van der Waals surface area (Å²) in [6.07, 6.45) is 5.42. The van der Waals surface area contributed by atoms with Gasteiger partial charge in [0.05, 0.1) is 11.1 Å². The van der Waals surface area contributed by atoms with E-state index in [0.29, 0.717) is 17.4 Å². The van der Waals surface area contributed by atoms with Gasteiger partial charge in [-0.1, -0.05) is 37.3 Å². The van der Waals surface area contributed by atoms with Crippen molar-refractivity contribution in [3.63, 3.8) is 0 Å². The number of anilines is 1. The third kappa shape index (κ3) is 3.80. The molecule has 1 fully saturated rings. The third-order valence-corrected chi connectivity index (χ3v) is 5.64. The molecule has 3 aromatic rings. The number of rotatable bonds is 4. The van der Waals surface area contributed by atoms with Crippen molar-refractivity contribution in [1.82, 2.24) is 4.98 Å². The van der Waals surface area contributed by atoms with Crippen LogP contribution in [0.4, 0.5) is 5.69 Å². The summed E-state index contributed by atoms with van der Waals surface area (Å²) in [6.45, 7) is 4.50. The van der Waals surface area contributed by atoms with Gasteiger partial charge in [0.2, 0.25) is 0 Å². The van der Waals surface area contributed by atoms with Crippen molar-refractivity contribution in [2.75, 3.05) is 18.0 Å². The predicted molar refractivity (Wildman–Crippen MR) is 111 cm³/mol. The molecular formula is C24H25N3. The fourth-order valence-electron chi connectivity index (χ4n) is 4.43. The van der Waals surface area contributed by atoms with Gasteiger partial charge in [-0.15, -0.1) is 0 Å². The lowest BCUT2D eigenvalue weighted by atomic mass is 9.86. The highest BCUT2D eigenvalue weighted by atomic mass is 15.1. The van der Waals surface area contributed by atoms with E-state index in [4.69, 9.17) is 0 Å². The fraction of sp³-hybridized carbons (Fsp3) is 0.333. The molecule has 0 aliphatic carbocycles. The molecule has 136 valence electrons. The summed E-state index contributed by atoms with van der Waals surface area (Å²) < 4.78 is 0. The first-order valence-electron chi connectivity index (χ1n) is 9.81. The van der Waals surface area contributed by atoms with Crippen molar-refractivity contribution >= 4 is 16.6 Å². The van der Waals surface area contributed by atoms with Gasteiger partial charge in [0, 0.05) is 30.4 Å². The smallest absolute Gasteiger partial charge is 0.101 e. The third-order valence-electron chi connectivity index (χ3n) is 5.64. The van der Waals surface area contributed by atoms with Gasteiger partial charge in [-0.25, -0.2) is 0 Å². The van der Waals surface area contributed by atoms with Crippen LogP contribution in [0.25, 0.3) is 10.9 Å². The van der Waals surface area contributed by atoms with E-state index in [2.05, 4.69) is 65.3 Å². The average molecular weight is 355 g/mol. The van der Waals surface area contributed by atoms with E-state index in [-0.39, 0.29) is 0 Å². The summed E-state index contributed by atoms with van der Waals surface area (Å²) in [7, 11) is 0. The molecule has 0 unspecified atom stereocenters. The maximum absolute atomic E-state index is 9.40. The molecule has 2 atom stereocenters. The monoisotopic (exact) mass is 355 g/mol. The van der Waals surface area contributed by atoms with E-state index in [1.54, 1.807) is 6.20 Å². The second kappa shape index (κ2) is 7.80. The molecule has 0 radical (unpaired) electrons. The van der Waals surface area contributed by atoms with Crippen molar-refractivity contribution in [3.8, 4) is 6.07 Å². The zero-order valence-corrected chi connectivity index (χ0v) is 15.8. The van der Waals surface area contributed by atoms with Crippen molar-refractivity contribution in [3.05, 3.63) is 71.9 Å². The van der Waals surface area contributed by atoms with Crippen molar-refractivity contribution < 1.29 is 0 Å². The Balaban J connectivity index is 1.57. The first-order chi connectivity index (χ1) is 13.2. The summed E-state index contributed by atoms with van der Waals surface area (Å²) >= 11 is 0. The van der Waals surface area contributed by atoms with Crippen LogP contribution >= 0.6 is 0 Å². The molecule has 1 aliphatic heterocycles. The number of piperidine rings is 1. The van der Waals surface area contributed by atoms with E-state index in [9.17, 15) is 5.26 Å². The summed E-state index contributed by atoms with van der Waals surface area (Å²) in [6, 6.07) is 21.1.